The molecule has 0 amide bonds. The third-order valence-corrected chi connectivity index (χ3v) is 4.64. The molecule has 102 valence electrons. The maximum atomic E-state index is 11.7. The number of hydrogen-bond acceptors (Lipinski definition) is 6. The van der Waals surface area contributed by atoms with E-state index in [1.165, 1.54) is 12.1 Å². The Morgan fingerprint density at radius 1 is 1.06 bits per heavy atom. The van der Waals surface area contributed by atoms with Crippen LogP contribution in [0.1, 0.15) is 5.56 Å². The molecule has 0 fully saturated rings. The fraction of sp³-hybridized carbons (Fsp3) is 0.400. The number of rotatable bonds is 6. The van der Waals surface area contributed by atoms with E-state index in [4.69, 9.17) is 0 Å². The number of aryl methyl sites for hydroxylation is 1. The van der Waals surface area contributed by atoms with Crippen LogP contribution < -0.4 is 0 Å². The lowest BCUT2D eigenvalue weighted by molar-refractivity contribution is 0.328. The molecule has 0 bridgehead atoms. The lowest BCUT2D eigenvalue weighted by Crippen LogP contribution is -2.16. The predicted molar refractivity (Wildman–Crippen MR) is 65.1 cm³/mol. The van der Waals surface area contributed by atoms with Crippen molar-refractivity contribution in [2.75, 3.05) is 19.5 Å². The summed E-state index contributed by atoms with van der Waals surface area (Å²) in [4.78, 5) is -0.0112. The molecule has 0 radical (unpaired) electrons. The van der Waals surface area contributed by atoms with Gasteiger partial charge in [0, 0.05) is 0 Å². The van der Waals surface area contributed by atoms with Crippen LogP contribution in [-0.2, 0) is 28.6 Å². The summed E-state index contributed by atoms with van der Waals surface area (Å²) < 4.78 is 54.0. The highest BCUT2D eigenvalue weighted by molar-refractivity contribution is 7.87. The fourth-order valence-electron chi connectivity index (χ4n) is 1.10. The molecule has 0 aliphatic heterocycles. The first-order valence-corrected chi connectivity index (χ1v) is 8.00. The van der Waals surface area contributed by atoms with Gasteiger partial charge in [-0.25, -0.2) is 0 Å². The largest absolute Gasteiger partial charge is 0.297 e. The van der Waals surface area contributed by atoms with Gasteiger partial charge < -0.3 is 0 Å². The molecule has 0 unspecified atom stereocenters. The van der Waals surface area contributed by atoms with Crippen molar-refractivity contribution in [3.05, 3.63) is 29.8 Å². The second kappa shape index (κ2) is 5.79. The standard InChI is InChI=1S/C10H14O6S2/c1-9-3-5-10(6-4-9)18(13,14)16-7-8-17(11,12)15-2/h3-6H,7-8H2,1-2H3. The fourth-order valence-corrected chi connectivity index (χ4v) is 2.57. The SMILES string of the molecule is COS(=O)(=O)CCOS(=O)(=O)c1ccc(C)cc1. The minimum Gasteiger partial charge on any atom is -0.273 e. The summed E-state index contributed by atoms with van der Waals surface area (Å²) in [6.07, 6.45) is 0. The van der Waals surface area contributed by atoms with Gasteiger partial charge in [-0.05, 0) is 19.1 Å². The number of hydrogen-bond donors (Lipinski definition) is 0. The van der Waals surface area contributed by atoms with E-state index >= 15 is 0 Å². The Labute approximate surface area is 107 Å². The summed E-state index contributed by atoms with van der Waals surface area (Å²) in [5.74, 6) is -0.519. The summed E-state index contributed by atoms with van der Waals surface area (Å²) in [6.45, 7) is 1.34. The molecule has 18 heavy (non-hydrogen) atoms. The molecule has 6 nitrogen and oxygen atoms in total. The zero-order valence-corrected chi connectivity index (χ0v) is 11.6. The van der Waals surface area contributed by atoms with Crippen LogP contribution in [0, 0.1) is 6.92 Å². The first-order chi connectivity index (χ1) is 8.27. The maximum Gasteiger partial charge on any atom is 0.297 e. The van der Waals surface area contributed by atoms with E-state index in [1.54, 1.807) is 12.1 Å². The van der Waals surface area contributed by atoms with Crippen LogP contribution in [0.2, 0.25) is 0 Å². The van der Waals surface area contributed by atoms with Gasteiger partial charge in [0.1, 0.15) is 5.75 Å². The van der Waals surface area contributed by atoms with Crippen LogP contribution in [0.3, 0.4) is 0 Å². The summed E-state index contributed by atoms with van der Waals surface area (Å²) in [7, 11) is -6.64. The highest BCUT2D eigenvalue weighted by Gasteiger charge is 2.17. The summed E-state index contributed by atoms with van der Waals surface area (Å²) in [6, 6.07) is 6.05. The molecular formula is C10H14O6S2. The van der Waals surface area contributed by atoms with Gasteiger partial charge in [-0.15, -0.1) is 0 Å². The Bertz CT molecular complexity index is 586. The van der Waals surface area contributed by atoms with Gasteiger partial charge in [0.05, 0.1) is 18.6 Å². The monoisotopic (exact) mass is 294 g/mol. The van der Waals surface area contributed by atoms with Crippen LogP contribution in [0.5, 0.6) is 0 Å². The quantitative estimate of drug-likeness (QED) is 0.717. The molecule has 0 aliphatic rings. The molecule has 1 aromatic carbocycles. The van der Waals surface area contributed by atoms with E-state index in [-0.39, 0.29) is 4.90 Å². The van der Waals surface area contributed by atoms with Crippen molar-refractivity contribution < 1.29 is 25.2 Å². The van der Waals surface area contributed by atoms with Gasteiger partial charge in [0.2, 0.25) is 0 Å². The first-order valence-electron chi connectivity index (χ1n) is 5.01. The smallest absolute Gasteiger partial charge is 0.273 e. The van der Waals surface area contributed by atoms with Crippen molar-refractivity contribution >= 4 is 20.2 Å². The van der Waals surface area contributed by atoms with Gasteiger partial charge in [-0.3, -0.25) is 8.37 Å². The summed E-state index contributed by atoms with van der Waals surface area (Å²) in [5.41, 5.74) is 0.913. The van der Waals surface area contributed by atoms with Crippen molar-refractivity contribution in [3.8, 4) is 0 Å². The molecule has 0 N–H and O–H groups in total. The Kier molecular flexibility index (Phi) is 4.85. The molecule has 8 heteroatoms. The van der Waals surface area contributed by atoms with Gasteiger partial charge in [-0.1, -0.05) is 17.7 Å². The molecule has 0 aromatic heterocycles. The van der Waals surface area contributed by atoms with E-state index in [2.05, 4.69) is 8.37 Å². The predicted octanol–water partition coefficient (Wildman–Crippen LogP) is 0.677. The second-order valence-corrected chi connectivity index (χ2v) is 6.99. The van der Waals surface area contributed by atoms with Crippen molar-refractivity contribution in [2.45, 2.75) is 11.8 Å². The van der Waals surface area contributed by atoms with Crippen LogP contribution >= 0.6 is 0 Å². The van der Waals surface area contributed by atoms with Crippen molar-refractivity contribution in [2.24, 2.45) is 0 Å². The molecule has 0 saturated heterocycles. The van der Waals surface area contributed by atoms with Crippen LogP contribution in [-0.4, -0.2) is 36.3 Å². The Hall–Kier alpha value is -0.960. The number of benzene rings is 1. The molecule has 0 heterocycles. The molecule has 0 atom stereocenters. The van der Waals surface area contributed by atoms with Crippen LogP contribution in [0.25, 0.3) is 0 Å². The highest BCUT2D eigenvalue weighted by atomic mass is 32.2. The van der Waals surface area contributed by atoms with Crippen molar-refractivity contribution in [1.82, 2.24) is 0 Å². The van der Waals surface area contributed by atoms with E-state index in [9.17, 15) is 16.8 Å². The average Bonchev–Trinajstić information content (AvgIpc) is 2.29. The van der Waals surface area contributed by atoms with E-state index in [0.29, 0.717) is 0 Å². The zero-order valence-electron chi connectivity index (χ0n) is 9.99. The van der Waals surface area contributed by atoms with Gasteiger partial charge in [0.15, 0.2) is 0 Å². The van der Waals surface area contributed by atoms with E-state index < -0.39 is 32.6 Å². The van der Waals surface area contributed by atoms with E-state index in [0.717, 1.165) is 12.7 Å². The van der Waals surface area contributed by atoms with Crippen LogP contribution in [0.4, 0.5) is 0 Å². The normalized spacial score (nSPS) is 12.6. The van der Waals surface area contributed by atoms with Gasteiger partial charge in [0.25, 0.3) is 20.2 Å². The third kappa shape index (κ3) is 4.37. The lowest BCUT2D eigenvalue weighted by atomic mass is 10.2. The summed E-state index contributed by atoms with van der Waals surface area (Å²) in [5, 5.41) is 0. The Morgan fingerprint density at radius 3 is 2.11 bits per heavy atom. The van der Waals surface area contributed by atoms with E-state index in [1.807, 2.05) is 6.92 Å². The second-order valence-electron chi connectivity index (χ2n) is 3.52. The first kappa shape index (κ1) is 15.1. The minimum absolute atomic E-state index is 0.0112. The molecule has 0 aliphatic carbocycles. The van der Waals surface area contributed by atoms with Gasteiger partial charge in [-0.2, -0.15) is 16.8 Å². The lowest BCUT2D eigenvalue weighted by Gasteiger charge is -2.05. The Balaban J connectivity index is 2.69. The minimum atomic E-state index is -3.93. The van der Waals surface area contributed by atoms with Crippen LogP contribution in [0.15, 0.2) is 29.2 Å². The molecular weight excluding hydrogens is 280 g/mol. The van der Waals surface area contributed by atoms with Gasteiger partial charge >= 0.3 is 0 Å². The summed E-state index contributed by atoms with van der Waals surface area (Å²) >= 11 is 0. The van der Waals surface area contributed by atoms with Crippen molar-refractivity contribution in [3.63, 3.8) is 0 Å². The Morgan fingerprint density at radius 2 is 1.61 bits per heavy atom. The highest BCUT2D eigenvalue weighted by Crippen LogP contribution is 2.13. The van der Waals surface area contributed by atoms with Crippen molar-refractivity contribution in [1.29, 1.82) is 0 Å². The zero-order chi connectivity index (χ0) is 13.8. The molecule has 0 spiro atoms. The topological polar surface area (TPSA) is 86.7 Å². The molecule has 1 rings (SSSR count). The third-order valence-electron chi connectivity index (χ3n) is 2.14. The average molecular weight is 294 g/mol. The molecule has 0 saturated carbocycles. The molecule has 1 aromatic rings. The maximum absolute atomic E-state index is 11.7.